The molecule has 3 aromatic rings. The number of benzene rings is 1. The number of halogens is 2. The van der Waals surface area contributed by atoms with Gasteiger partial charge in [0.15, 0.2) is 0 Å². The molecule has 0 aliphatic carbocycles. The van der Waals surface area contributed by atoms with Crippen molar-refractivity contribution in [3.8, 4) is 0 Å². The van der Waals surface area contributed by atoms with Gasteiger partial charge in [-0.05, 0) is 35.5 Å². The first-order chi connectivity index (χ1) is 10.6. The van der Waals surface area contributed by atoms with Crippen molar-refractivity contribution in [2.75, 3.05) is 0 Å². The molecule has 0 radical (unpaired) electrons. The minimum atomic E-state index is -2.94. The van der Waals surface area contributed by atoms with Crippen LogP contribution in [0.3, 0.4) is 0 Å². The minimum Gasteiger partial charge on any atom is -0.384 e. The van der Waals surface area contributed by atoms with Crippen LogP contribution in [0.5, 0.6) is 0 Å². The van der Waals surface area contributed by atoms with Crippen LogP contribution in [0.15, 0.2) is 36.7 Å². The van der Waals surface area contributed by atoms with Gasteiger partial charge < -0.3 is 5.11 Å². The molecule has 0 spiro atoms. The zero-order valence-electron chi connectivity index (χ0n) is 11.6. The highest BCUT2D eigenvalue weighted by atomic mass is 19.3. The number of hydrogen-bond acceptors (Lipinski definition) is 5. The summed E-state index contributed by atoms with van der Waals surface area (Å²) in [6, 6.07) is 7.86. The predicted molar refractivity (Wildman–Crippen MR) is 74.4 cm³/mol. The van der Waals surface area contributed by atoms with Gasteiger partial charge >= 0.3 is 0 Å². The fourth-order valence-corrected chi connectivity index (χ4v) is 2.33. The van der Waals surface area contributed by atoms with Crippen LogP contribution in [0.2, 0.25) is 0 Å². The third-order valence-electron chi connectivity index (χ3n) is 3.40. The lowest BCUT2D eigenvalue weighted by Gasteiger charge is -2.21. The summed E-state index contributed by atoms with van der Waals surface area (Å²) in [6.07, 6.45) is -3.72. The Labute approximate surface area is 124 Å². The van der Waals surface area contributed by atoms with Crippen molar-refractivity contribution in [2.24, 2.45) is 0 Å². The zero-order chi connectivity index (χ0) is 15.7. The van der Waals surface area contributed by atoms with Gasteiger partial charge in [0.25, 0.3) is 6.43 Å². The van der Waals surface area contributed by atoms with E-state index in [0.717, 1.165) is 15.6 Å². The molecule has 0 fully saturated rings. The summed E-state index contributed by atoms with van der Waals surface area (Å²) >= 11 is 0. The maximum absolute atomic E-state index is 13.0. The molecular formula is C14H13F2N5O. The molecule has 0 aliphatic heterocycles. The van der Waals surface area contributed by atoms with Gasteiger partial charge in [0.05, 0.1) is 11.2 Å². The number of aliphatic hydroxyl groups is 1. The molecule has 2 heterocycles. The average molecular weight is 305 g/mol. The summed E-state index contributed by atoms with van der Waals surface area (Å²) in [5, 5.41) is 21.2. The number of nitrogens with zero attached hydrogens (tertiary/aromatic N) is 5. The lowest BCUT2D eigenvalue weighted by Crippen LogP contribution is -2.32. The summed E-state index contributed by atoms with van der Waals surface area (Å²) in [6.45, 7) is 1.96. The molecule has 0 aliphatic rings. The van der Waals surface area contributed by atoms with E-state index in [1.165, 1.54) is 6.33 Å². The predicted octanol–water partition coefficient (Wildman–Crippen LogP) is 1.75. The van der Waals surface area contributed by atoms with Crippen molar-refractivity contribution >= 4 is 10.9 Å². The monoisotopic (exact) mass is 305 g/mol. The number of aryl methyl sites for hydroxylation is 1. The van der Waals surface area contributed by atoms with Crippen LogP contribution in [-0.4, -0.2) is 42.8 Å². The molecule has 2 atom stereocenters. The first-order valence-corrected chi connectivity index (χ1v) is 6.62. The molecule has 22 heavy (non-hydrogen) atoms. The number of aliphatic hydroxyl groups excluding tert-OH is 1. The summed E-state index contributed by atoms with van der Waals surface area (Å²) < 4.78 is 27.0. The molecule has 0 amide bonds. The summed E-state index contributed by atoms with van der Waals surface area (Å²) in [5.74, 6) is 0. The van der Waals surface area contributed by atoms with Crippen LogP contribution in [0.4, 0.5) is 8.78 Å². The van der Waals surface area contributed by atoms with E-state index in [2.05, 4.69) is 20.5 Å². The number of aromatic nitrogens is 5. The molecule has 3 rings (SSSR count). The number of fused-ring (bicyclic) bond motifs is 1. The van der Waals surface area contributed by atoms with E-state index in [1.54, 1.807) is 18.2 Å². The van der Waals surface area contributed by atoms with Gasteiger partial charge in [-0.3, -0.25) is 4.98 Å². The lowest BCUT2D eigenvalue weighted by atomic mass is 10.1. The molecule has 6 nitrogen and oxygen atoms in total. The second-order valence-corrected chi connectivity index (χ2v) is 4.99. The smallest absolute Gasteiger partial charge is 0.266 e. The molecule has 2 aromatic heterocycles. The van der Waals surface area contributed by atoms with Gasteiger partial charge in [-0.2, -0.15) is 0 Å². The van der Waals surface area contributed by atoms with Gasteiger partial charge in [0.1, 0.15) is 18.5 Å². The van der Waals surface area contributed by atoms with Gasteiger partial charge in [-0.1, -0.05) is 17.7 Å². The summed E-state index contributed by atoms with van der Waals surface area (Å²) in [7, 11) is 0. The summed E-state index contributed by atoms with van der Waals surface area (Å²) in [5.41, 5.74) is 2.01. The maximum atomic E-state index is 13.0. The Kier molecular flexibility index (Phi) is 3.76. The van der Waals surface area contributed by atoms with Crippen LogP contribution in [-0.2, 0) is 0 Å². The molecule has 1 N–H and O–H groups in total. The number of alkyl halides is 2. The Morgan fingerprint density at radius 1 is 1.18 bits per heavy atom. The lowest BCUT2D eigenvalue weighted by molar-refractivity contribution is -0.0291. The van der Waals surface area contributed by atoms with E-state index in [4.69, 9.17) is 0 Å². The van der Waals surface area contributed by atoms with E-state index >= 15 is 0 Å². The van der Waals surface area contributed by atoms with Crippen LogP contribution in [0.1, 0.15) is 17.3 Å². The second-order valence-electron chi connectivity index (χ2n) is 4.99. The topological polar surface area (TPSA) is 76.7 Å². The van der Waals surface area contributed by atoms with Crippen LogP contribution in [0.25, 0.3) is 10.9 Å². The van der Waals surface area contributed by atoms with Gasteiger partial charge in [-0.15, -0.1) is 5.10 Å². The van der Waals surface area contributed by atoms with Gasteiger partial charge in [-0.25, -0.2) is 13.5 Å². The highest BCUT2D eigenvalue weighted by Gasteiger charge is 2.32. The first kappa shape index (κ1) is 14.5. The first-order valence-electron chi connectivity index (χ1n) is 6.62. The Morgan fingerprint density at radius 3 is 2.68 bits per heavy atom. The number of pyridine rings is 1. The Hall–Kier alpha value is -2.48. The van der Waals surface area contributed by atoms with E-state index in [9.17, 15) is 13.9 Å². The number of rotatable bonds is 4. The van der Waals surface area contributed by atoms with Crippen molar-refractivity contribution in [3.05, 3.63) is 47.9 Å². The fourth-order valence-electron chi connectivity index (χ4n) is 2.33. The van der Waals surface area contributed by atoms with E-state index < -0.39 is 18.6 Å². The van der Waals surface area contributed by atoms with Crippen molar-refractivity contribution < 1.29 is 13.9 Å². The van der Waals surface area contributed by atoms with E-state index in [1.807, 2.05) is 19.1 Å². The second kappa shape index (κ2) is 5.72. The van der Waals surface area contributed by atoms with Crippen molar-refractivity contribution in [3.63, 3.8) is 0 Å². The molecule has 1 aromatic carbocycles. The Morgan fingerprint density at radius 2 is 2.00 bits per heavy atom. The largest absolute Gasteiger partial charge is 0.384 e. The van der Waals surface area contributed by atoms with E-state index in [-0.39, 0.29) is 5.69 Å². The van der Waals surface area contributed by atoms with Crippen LogP contribution < -0.4 is 0 Å². The maximum Gasteiger partial charge on any atom is 0.266 e. The normalized spacial score (nSPS) is 14.4. The summed E-state index contributed by atoms with van der Waals surface area (Å²) in [4.78, 5) is 4.37. The third kappa shape index (κ3) is 2.64. The molecule has 0 saturated heterocycles. The number of hydrogen-bond donors (Lipinski definition) is 1. The Balaban J connectivity index is 2.09. The minimum absolute atomic E-state index is 0.274. The molecule has 114 valence electrons. The Bertz CT molecular complexity index is 778. The van der Waals surface area contributed by atoms with Crippen LogP contribution >= 0.6 is 0 Å². The van der Waals surface area contributed by atoms with E-state index in [0.29, 0.717) is 5.52 Å². The highest BCUT2D eigenvalue weighted by Crippen LogP contribution is 2.25. The SMILES string of the molecule is Cc1ccc2nc(C(C(O)C(F)F)n3cnnn3)ccc2c1. The zero-order valence-corrected chi connectivity index (χ0v) is 11.6. The third-order valence-corrected chi connectivity index (χ3v) is 3.40. The van der Waals surface area contributed by atoms with Crippen LogP contribution in [0, 0.1) is 6.92 Å². The standard InChI is InChI=1S/C14H13F2N5O/c1-8-2-4-10-9(6-8)3-5-11(18-10)12(13(22)14(15)16)21-7-17-19-20-21/h2-7,12-14,22H,1H3. The number of tetrazole rings is 1. The molecule has 0 saturated carbocycles. The van der Waals surface area contributed by atoms with Gasteiger partial charge in [0.2, 0.25) is 0 Å². The highest BCUT2D eigenvalue weighted by molar-refractivity contribution is 5.79. The van der Waals surface area contributed by atoms with Crippen molar-refractivity contribution in [1.82, 2.24) is 25.2 Å². The van der Waals surface area contributed by atoms with Crippen molar-refractivity contribution in [1.29, 1.82) is 0 Å². The van der Waals surface area contributed by atoms with Gasteiger partial charge in [0, 0.05) is 5.39 Å². The molecule has 0 bridgehead atoms. The average Bonchev–Trinajstić information content (AvgIpc) is 3.01. The van der Waals surface area contributed by atoms with Crippen molar-refractivity contribution in [2.45, 2.75) is 25.5 Å². The molecular weight excluding hydrogens is 292 g/mol. The molecule has 8 heteroatoms. The fraction of sp³-hybridized carbons (Fsp3) is 0.286. The molecule has 2 unspecified atom stereocenters. The quantitative estimate of drug-likeness (QED) is 0.794.